The molecular weight excluding hydrogens is 400 g/mol. The smallest absolute Gasteiger partial charge is 0.352 e. The lowest BCUT2D eigenvalue weighted by Gasteiger charge is -2.31. The van der Waals surface area contributed by atoms with Crippen LogP contribution in [0.4, 0.5) is 11.5 Å². The first-order valence-electron chi connectivity index (χ1n) is 10.2. The summed E-state index contributed by atoms with van der Waals surface area (Å²) in [6.07, 6.45) is 3.99. The molecule has 0 saturated carbocycles. The van der Waals surface area contributed by atoms with E-state index in [4.69, 9.17) is 9.47 Å². The van der Waals surface area contributed by atoms with Crippen molar-refractivity contribution in [1.82, 2.24) is 19.2 Å². The second kappa shape index (κ2) is 8.66. The highest BCUT2D eigenvalue weighted by atomic mass is 16.5. The minimum absolute atomic E-state index is 0.238. The van der Waals surface area contributed by atoms with Crippen LogP contribution in [-0.2, 0) is 11.3 Å². The molecule has 1 atom stereocenters. The van der Waals surface area contributed by atoms with Gasteiger partial charge in [-0.3, -0.25) is 4.79 Å². The van der Waals surface area contributed by atoms with E-state index in [1.54, 1.807) is 24.4 Å². The molecule has 1 amide bonds. The third kappa shape index (κ3) is 4.47. The summed E-state index contributed by atoms with van der Waals surface area (Å²) < 4.78 is 12.9. The monoisotopic (exact) mass is 426 g/mol. The molecule has 31 heavy (non-hydrogen) atoms. The quantitative estimate of drug-likeness (QED) is 0.641. The number of carbonyl (C=O) groups excluding carboxylic acids is 1. The first kappa shape index (κ1) is 20.7. The Morgan fingerprint density at radius 2 is 1.97 bits per heavy atom. The topological polar surface area (TPSA) is 103 Å². The van der Waals surface area contributed by atoms with E-state index in [0.717, 1.165) is 30.0 Å². The summed E-state index contributed by atoms with van der Waals surface area (Å²) >= 11 is 0. The zero-order chi connectivity index (χ0) is 22.0. The fourth-order valence-corrected chi connectivity index (χ4v) is 3.79. The fourth-order valence-electron chi connectivity index (χ4n) is 3.79. The largest absolute Gasteiger partial charge is 0.497 e. The van der Waals surface area contributed by atoms with Gasteiger partial charge >= 0.3 is 5.69 Å². The Kier molecular flexibility index (Phi) is 5.79. The van der Waals surface area contributed by atoms with Crippen LogP contribution in [0.2, 0.25) is 0 Å². The van der Waals surface area contributed by atoms with E-state index in [9.17, 15) is 9.59 Å². The predicted molar refractivity (Wildman–Crippen MR) is 116 cm³/mol. The molecule has 1 saturated heterocycles. The number of ether oxygens (including phenoxy) is 2. The number of fused-ring (bicyclic) bond motifs is 1. The van der Waals surface area contributed by atoms with Crippen LogP contribution in [0.15, 0.2) is 35.3 Å². The number of anilines is 2. The molecule has 164 valence electrons. The van der Waals surface area contributed by atoms with Crippen LogP contribution >= 0.6 is 0 Å². The highest BCUT2D eigenvalue weighted by Crippen LogP contribution is 2.25. The summed E-state index contributed by atoms with van der Waals surface area (Å²) in [5.41, 5.74) is 0.0806. The first-order valence-corrected chi connectivity index (χ1v) is 10.2. The van der Waals surface area contributed by atoms with E-state index in [2.05, 4.69) is 27.2 Å². The molecule has 4 rings (SSSR count). The standard InChI is InChI=1S/C21H26N6O4/c1-14-5-4-7-25(12-14)18-6-8-26-20(23-18)24-27(21(26)29)13-19(28)22-15-9-16(30-2)11-17(10-15)31-3/h6,8-11,14H,4-5,7,12-13H2,1-3H3,(H,22,28)/t14-/m1/s1. The van der Waals surface area contributed by atoms with Gasteiger partial charge in [0.15, 0.2) is 0 Å². The molecule has 3 heterocycles. The summed E-state index contributed by atoms with van der Waals surface area (Å²) in [7, 11) is 3.06. The molecule has 0 radical (unpaired) electrons. The molecule has 1 fully saturated rings. The van der Waals surface area contributed by atoms with E-state index < -0.39 is 11.6 Å². The van der Waals surface area contributed by atoms with Crippen LogP contribution in [0, 0.1) is 5.92 Å². The lowest BCUT2D eigenvalue weighted by Crippen LogP contribution is -2.34. The third-order valence-electron chi connectivity index (χ3n) is 5.35. The maximum atomic E-state index is 12.6. The Bertz CT molecular complexity index is 1130. The van der Waals surface area contributed by atoms with Crippen LogP contribution in [0.3, 0.4) is 0 Å². The number of benzene rings is 1. The number of hydrogen-bond acceptors (Lipinski definition) is 7. The van der Waals surface area contributed by atoms with Gasteiger partial charge in [0.2, 0.25) is 5.91 Å². The molecule has 1 aliphatic rings. The van der Waals surface area contributed by atoms with E-state index >= 15 is 0 Å². The number of amides is 1. The highest BCUT2D eigenvalue weighted by molar-refractivity contribution is 5.91. The van der Waals surface area contributed by atoms with E-state index in [1.807, 2.05) is 6.07 Å². The highest BCUT2D eigenvalue weighted by Gasteiger charge is 2.19. The molecule has 0 unspecified atom stereocenters. The van der Waals surface area contributed by atoms with Crippen molar-refractivity contribution in [2.75, 3.05) is 37.5 Å². The van der Waals surface area contributed by atoms with Crippen LogP contribution in [0.1, 0.15) is 19.8 Å². The fraction of sp³-hybridized carbons (Fsp3) is 0.429. The Hall–Kier alpha value is -3.56. The summed E-state index contributed by atoms with van der Waals surface area (Å²) in [6.45, 7) is 3.85. The molecule has 2 aromatic heterocycles. The second-order valence-corrected chi connectivity index (χ2v) is 7.74. The molecule has 10 heteroatoms. The van der Waals surface area contributed by atoms with Crippen molar-refractivity contribution in [3.63, 3.8) is 0 Å². The minimum Gasteiger partial charge on any atom is -0.497 e. The van der Waals surface area contributed by atoms with Crippen molar-refractivity contribution < 1.29 is 14.3 Å². The normalized spacial score (nSPS) is 16.4. The maximum Gasteiger partial charge on any atom is 0.352 e. The molecule has 3 aromatic rings. The number of piperidine rings is 1. The maximum absolute atomic E-state index is 12.6. The molecule has 1 aliphatic heterocycles. The van der Waals surface area contributed by atoms with E-state index in [-0.39, 0.29) is 12.3 Å². The number of rotatable bonds is 6. The lowest BCUT2D eigenvalue weighted by molar-refractivity contribution is -0.117. The predicted octanol–water partition coefficient (Wildman–Crippen LogP) is 1.78. The third-order valence-corrected chi connectivity index (χ3v) is 5.35. The molecule has 0 spiro atoms. The van der Waals surface area contributed by atoms with Gasteiger partial charge in [0.25, 0.3) is 5.78 Å². The van der Waals surface area contributed by atoms with Crippen molar-refractivity contribution in [1.29, 1.82) is 0 Å². The minimum atomic E-state index is -0.417. The molecular formula is C21H26N6O4. The zero-order valence-electron chi connectivity index (χ0n) is 17.9. The average Bonchev–Trinajstić information content (AvgIpc) is 3.07. The van der Waals surface area contributed by atoms with Crippen molar-refractivity contribution in [2.24, 2.45) is 5.92 Å². The lowest BCUT2D eigenvalue weighted by atomic mass is 10.0. The summed E-state index contributed by atoms with van der Waals surface area (Å²) in [6, 6.07) is 6.86. The molecule has 0 bridgehead atoms. The van der Waals surface area contributed by atoms with Crippen molar-refractivity contribution in [3.05, 3.63) is 40.9 Å². The number of carbonyl (C=O) groups is 1. The molecule has 1 N–H and O–H groups in total. The molecule has 1 aromatic carbocycles. The van der Waals surface area contributed by atoms with Crippen molar-refractivity contribution >= 4 is 23.2 Å². The van der Waals surface area contributed by atoms with Gasteiger partial charge in [-0.15, -0.1) is 5.10 Å². The van der Waals surface area contributed by atoms with Crippen LogP contribution in [-0.4, -0.2) is 52.4 Å². The Labute approximate surface area is 179 Å². The SMILES string of the molecule is COc1cc(NC(=O)Cn2nc3nc(N4CCC[C@@H](C)C4)ccn3c2=O)cc(OC)c1. The number of methoxy groups -OCH3 is 2. The van der Waals surface area contributed by atoms with Gasteiger partial charge in [-0.05, 0) is 24.8 Å². The average molecular weight is 426 g/mol. The number of nitrogens with one attached hydrogen (secondary N) is 1. The van der Waals surface area contributed by atoms with Gasteiger partial charge in [-0.2, -0.15) is 4.98 Å². The van der Waals surface area contributed by atoms with Crippen LogP contribution in [0.5, 0.6) is 11.5 Å². The van der Waals surface area contributed by atoms with Gasteiger partial charge in [0.1, 0.15) is 23.9 Å². The summed E-state index contributed by atoms with van der Waals surface area (Å²) in [5.74, 6) is 2.36. The molecule has 10 nitrogen and oxygen atoms in total. The van der Waals surface area contributed by atoms with Gasteiger partial charge < -0.3 is 19.7 Å². The Morgan fingerprint density at radius 3 is 2.65 bits per heavy atom. The van der Waals surface area contributed by atoms with Gasteiger partial charge in [0, 0.05) is 43.2 Å². The van der Waals surface area contributed by atoms with Gasteiger partial charge in [0.05, 0.1) is 14.2 Å². The van der Waals surface area contributed by atoms with Crippen molar-refractivity contribution in [3.8, 4) is 11.5 Å². The second-order valence-electron chi connectivity index (χ2n) is 7.74. The summed E-state index contributed by atoms with van der Waals surface area (Å²) in [5, 5.41) is 7.00. The number of nitrogens with zero attached hydrogens (tertiary/aromatic N) is 5. The van der Waals surface area contributed by atoms with Crippen LogP contribution in [0.25, 0.3) is 5.78 Å². The van der Waals surface area contributed by atoms with E-state index in [0.29, 0.717) is 23.1 Å². The zero-order valence-corrected chi connectivity index (χ0v) is 17.9. The molecule has 0 aliphatic carbocycles. The van der Waals surface area contributed by atoms with Crippen LogP contribution < -0.4 is 25.4 Å². The Balaban J connectivity index is 1.52. The Morgan fingerprint density at radius 1 is 1.23 bits per heavy atom. The van der Waals surface area contributed by atoms with E-state index in [1.165, 1.54) is 25.0 Å². The number of aromatic nitrogens is 4. The van der Waals surface area contributed by atoms with Crippen molar-refractivity contribution in [2.45, 2.75) is 26.3 Å². The van der Waals surface area contributed by atoms with Gasteiger partial charge in [-0.25, -0.2) is 13.9 Å². The first-order chi connectivity index (χ1) is 15.0. The number of hydrogen-bond donors (Lipinski definition) is 1. The summed E-state index contributed by atoms with van der Waals surface area (Å²) in [4.78, 5) is 31.9. The van der Waals surface area contributed by atoms with Gasteiger partial charge in [-0.1, -0.05) is 6.92 Å².